The van der Waals surface area contributed by atoms with E-state index in [1.807, 2.05) is 12.1 Å². The summed E-state index contributed by atoms with van der Waals surface area (Å²) in [6.07, 6.45) is 4.72. The number of benzene rings is 1. The van der Waals surface area contributed by atoms with Crippen LogP contribution < -0.4 is 0 Å². The fourth-order valence-corrected chi connectivity index (χ4v) is 4.21. The lowest BCUT2D eigenvalue weighted by Crippen LogP contribution is -2.27. The van der Waals surface area contributed by atoms with Crippen LogP contribution in [0.5, 0.6) is 0 Å². The van der Waals surface area contributed by atoms with E-state index in [1.54, 1.807) is 0 Å². The van der Waals surface area contributed by atoms with Crippen molar-refractivity contribution in [3.8, 4) is 0 Å². The molecule has 2 aromatic rings. The molecule has 21 heavy (non-hydrogen) atoms. The number of imidazole rings is 1. The first-order valence-electron chi connectivity index (χ1n) is 7.34. The molecule has 1 aromatic carbocycles. The molecule has 112 valence electrons. The summed E-state index contributed by atoms with van der Waals surface area (Å²) in [7, 11) is 0. The van der Waals surface area contributed by atoms with Crippen molar-refractivity contribution >= 4 is 28.8 Å². The number of nitrogens with zero attached hydrogens (tertiary/aromatic N) is 2. The molecule has 1 aromatic heterocycles. The second-order valence-corrected chi connectivity index (χ2v) is 7.00. The number of carbonyl (C=O) groups is 1. The lowest BCUT2D eigenvalue weighted by molar-refractivity contribution is -0.133. The summed E-state index contributed by atoms with van der Waals surface area (Å²) in [5.74, 6) is -0.745. The third-order valence-corrected chi connectivity index (χ3v) is 5.32. The van der Waals surface area contributed by atoms with E-state index in [1.165, 1.54) is 30.2 Å². The number of hydrogen-bond donors (Lipinski definition) is 1. The van der Waals surface area contributed by atoms with E-state index in [0.29, 0.717) is 0 Å². The minimum absolute atomic E-state index is 0.0540. The molecule has 1 fully saturated rings. The number of thioether (sulfide) groups is 1. The Morgan fingerprint density at radius 3 is 2.81 bits per heavy atom. The Labute approximate surface area is 128 Å². The van der Waals surface area contributed by atoms with E-state index >= 15 is 0 Å². The maximum absolute atomic E-state index is 10.9. The van der Waals surface area contributed by atoms with Crippen molar-refractivity contribution in [2.45, 2.75) is 50.2 Å². The monoisotopic (exact) mass is 304 g/mol. The molecule has 1 heterocycles. The van der Waals surface area contributed by atoms with Crippen molar-refractivity contribution in [1.29, 1.82) is 0 Å². The number of aryl methyl sites for hydroxylation is 1. The molecule has 0 radical (unpaired) electrons. The maximum atomic E-state index is 10.9. The van der Waals surface area contributed by atoms with Crippen molar-refractivity contribution in [3.63, 3.8) is 0 Å². The Morgan fingerprint density at radius 1 is 1.43 bits per heavy atom. The zero-order valence-electron chi connectivity index (χ0n) is 12.4. The van der Waals surface area contributed by atoms with Gasteiger partial charge in [0.25, 0.3) is 0 Å². The highest BCUT2D eigenvalue weighted by molar-refractivity contribution is 7.99. The van der Waals surface area contributed by atoms with Gasteiger partial charge in [-0.3, -0.25) is 4.79 Å². The third kappa shape index (κ3) is 2.55. The summed E-state index contributed by atoms with van der Waals surface area (Å²) in [4.78, 5) is 15.6. The predicted octanol–water partition coefficient (Wildman–Crippen LogP) is 3.81. The molecule has 0 aliphatic heterocycles. The van der Waals surface area contributed by atoms with Gasteiger partial charge in [-0.1, -0.05) is 36.7 Å². The molecule has 0 amide bonds. The van der Waals surface area contributed by atoms with Crippen LogP contribution in [0.2, 0.25) is 0 Å². The van der Waals surface area contributed by atoms with E-state index in [4.69, 9.17) is 10.1 Å². The Hall–Kier alpha value is -1.49. The highest BCUT2D eigenvalue weighted by Crippen LogP contribution is 2.42. The quantitative estimate of drug-likeness (QED) is 0.873. The standard InChI is InChI=1S/C16H20N2O2S/c1-11-6-5-7-12-14(11)18(16(2)8-3-4-9-16)15(17-12)21-10-13(19)20/h5-7H,3-4,8-10H2,1-2H3,(H,19,20). The number of aliphatic carboxylic acids is 1. The van der Waals surface area contributed by atoms with Gasteiger partial charge < -0.3 is 9.67 Å². The zero-order valence-corrected chi connectivity index (χ0v) is 13.2. The molecule has 3 rings (SSSR count). The molecule has 0 unspecified atom stereocenters. The minimum Gasteiger partial charge on any atom is -0.481 e. The second kappa shape index (κ2) is 5.37. The first kappa shape index (κ1) is 14.4. The Morgan fingerprint density at radius 2 is 2.14 bits per heavy atom. The molecule has 4 nitrogen and oxygen atoms in total. The van der Waals surface area contributed by atoms with Crippen molar-refractivity contribution in [2.24, 2.45) is 0 Å². The highest BCUT2D eigenvalue weighted by atomic mass is 32.2. The van der Waals surface area contributed by atoms with Crippen LogP contribution in [0.4, 0.5) is 0 Å². The van der Waals surface area contributed by atoms with E-state index in [0.717, 1.165) is 29.0 Å². The summed E-state index contributed by atoms with van der Waals surface area (Å²) in [5, 5.41) is 9.81. The molecule has 0 bridgehead atoms. The zero-order chi connectivity index (χ0) is 15.0. The highest BCUT2D eigenvalue weighted by Gasteiger charge is 2.34. The van der Waals surface area contributed by atoms with E-state index in [9.17, 15) is 4.79 Å². The smallest absolute Gasteiger partial charge is 0.313 e. The van der Waals surface area contributed by atoms with Gasteiger partial charge >= 0.3 is 5.97 Å². The third-order valence-electron chi connectivity index (χ3n) is 4.39. The van der Waals surface area contributed by atoms with Crippen molar-refractivity contribution in [1.82, 2.24) is 9.55 Å². The molecule has 1 aliphatic rings. The van der Waals surface area contributed by atoms with Gasteiger partial charge in [-0.2, -0.15) is 0 Å². The molecular formula is C16H20N2O2S. The SMILES string of the molecule is Cc1cccc2nc(SCC(=O)O)n(C3(C)CCCC3)c12. The van der Waals surface area contributed by atoms with E-state index in [-0.39, 0.29) is 11.3 Å². The largest absolute Gasteiger partial charge is 0.481 e. The summed E-state index contributed by atoms with van der Waals surface area (Å²) < 4.78 is 2.30. The fourth-order valence-electron chi connectivity index (χ4n) is 3.36. The van der Waals surface area contributed by atoms with Crippen LogP contribution in [-0.2, 0) is 10.3 Å². The maximum Gasteiger partial charge on any atom is 0.313 e. The molecule has 0 spiro atoms. The van der Waals surface area contributed by atoms with Crippen LogP contribution in [0.15, 0.2) is 23.4 Å². The van der Waals surface area contributed by atoms with Gasteiger partial charge in [0, 0.05) is 5.54 Å². The number of para-hydroxylation sites is 1. The summed E-state index contributed by atoms with van der Waals surface area (Å²) in [5.41, 5.74) is 3.39. The normalized spacial score (nSPS) is 17.4. The van der Waals surface area contributed by atoms with Crippen molar-refractivity contribution in [2.75, 3.05) is 5.75 Å². The van der Waals surface area contributed by atoms with Crippen LogP contribution >= 0.6 is 11.8 Å². The predicted molar refractivity (Wildman–Crippen MR) is 84.9 cm³/mol. The fraction of sp³-hybridized carbons (Fsp3) is 0.500. The first-order valence-corrected chi connectivity index (χ1v) is 8.33. The summed E-state index contributed by atoms with van der Waals surface area (Å²) >= 11 is 1.33. The number of fused-ring (bicyclic) bond motifs is 1. The molecule has 0 saturated heterocycles. The van der Waals surface area contributed by atoms with Gasteiger partial charge in [0.1, 0.15) is 0 Å². The van der Waals surface area contributed by atoms with E-state index in [2.05, 4.69) is 24.5 Å². The lowest BCUT2D eigenvalue weighted by atomic mass is 9.99. The van der Waals surface area contributed by atoms with Gasteiger partial charge in [0.15, 0.2) is 5.16 Å². The molecule has 0 atom stereocenters. The number of rotatable bonds is 4. The summed E-state index contributed by atoms with van der Waals surface area (Å²) in [6.45, 7) is 4.38. The molecular weight excluding hydrogens is 284 g/mol. The second-order valence-electron chi connectivity index (χ2n) is 6.06. The van der Waals surface area contributed by atoms with Gasteiger partial charge in [-0.15, -0.1) is 0 Å². The molecule has 5 heteroatoms. The Balaban J connectivity index is 2.17. The number of aromatic nitrogens is 2. The Kier molecular flexibility index (Phi) is 3.69. The molecule has 1 saturated carbocycles. The van der Waals surface area contributed by atoms with E-state index < -0.39 is 5.97 Å². The van der Waals surface area contributed by atoms with Crippen LogP contribution in [0.25, 0.3) is 11.0 Å². The van der Waals surface area contributed by atoms with Crippen LogP contribution in [0.1, 0.15) is 38.2 Å². The lowest BCUT2D eigenvalue weighted by Gasteiger charge is -2.29. The van der Waals surface area contributed by atoms with Gasteiger partial charge in [0.05, 0.1) is 16.8 Å². The van der Waals surface area contributed by atoms with Crippen molar-refractivity contribution in [3.05, 3.63) is 23.8 Å². The number of carboxylic acid groups (broad SMARTS) is 1. The summed E-state index contributed by atoms with van der Waals surface area (Å²) in [6, 6.07) is 6.13. The first-order chi connectivity index (χ1) is 10.0. The van der Waals surface area contributed by atoms with Crippen LogP contribution in [-0.4, -0.2) is 26.4 Å². The number of carboxylic acids is 1. The van der Waals surface area contributed by atoms with Crippen LogP contribution in [0, 0.1) is 6.92 Å². The number of hydrogen-bond acceptors (Lipinski definition) is 3. The van der Waals surface area contributed by atoms with Gasteiger partial charge in [-0.25, -0.2) is 4.98 Å². The topological polar surface area (TPSA) is 55.1 Å². The Bertz CT molecular complexity index is 687. The average Bonchev–Trinajstić information content (AvgIpc) is 3.01. The van der Waals surface area contributed by atoms with Gasteiger partial charge in [-0.05, 0) is 38.3 Å². The molecule has 1 N–H and O–H groups in total. The van der Waals surface area contributed by atoms with Crippen molar-refractivity contribution < 1.29 is 9.90 Å². The molecule has 1 aliphatic carbocycles. The minimum atomic E-state index is -0.799. The van der Waals surface area contributed by atoms with Crippen LogP contribution in [0.3, 0.4) is 0 Å². The van der Waals surface area contributed by atoms with Gasteiger partial charge in [0.2, 0.25) is 0 Å². The average molecular weight is 304 g/mol.